The van der Waals surface area contributed by atoms with Gasteiger partial charge in [-0.25, -0.2) is 0 Å². The Hall–Kier alpha value is -0.330. The van der Waals surface area contributed by atoms with Crippen LogP contribution in [0.3, 0.4) is 0 Å². The molecule has 15 heavy (non-hydrogen) atoms. The second-order valence-electron chi connectivity index (χ2n) is 5.87. The lowest BCUT2D eigenvalue weighted by molar-refractivity contribution is -0.108. The molecule has 0 saturated carbocycles. The Morgan fingerprint density at radius 3 is 1.67 bits per heavy atom. The average Bonchev–Trinajstić information content (AvgIpc) is 2.00. The number of rotatable bonds is 8. The van der Waals surface area contributed by atoms with E-state index in [9.17, 15) is 4.79 Å². The monoisotopic (exact) mass is 212 g/mol. The fourth-order valence-electron chi connectivity index (χ4n) is 2.45. The lowest BCUT2D eigenvalue weighted by atomic mass is 9.83. The molecule has 1 heteroatoms. The van der Waals surface area contributed by atoms with Crippen molar-refractivity contribution in [1.82, 2.24) is 0 Å². The molecule has 0 spiro atoms. The van der Waals surface area contributed by atoms with Crippen molar-refractivity contribution in [3.63, 3.8) is 0 Å². The smallest absolute Gasteiger partial charge is 0.120 e. The molecule has 0 saturated heterocycles. The van der Waals surface area contributed by atoms with E-state index < -0.39 is 0 Å². The maximum atomic E-state index is 10.4. The van der Waals surface area contributed by atoms with Crippen LogP contribution < -0.4 is 0 Å². The fraction of sp³-hybridized carbons (Fsp3) is 0.929. The molecule has 1 nitrogen and oxygen atoms in total. The number of carbonyl (C=O) groups excluding carboxylic acids is 1. The van der Waals surface area contributed by atoms with E-state index in [1.165, 1.54) is 19.3 Å². The second-order valence-corrected chi connectivity index (χ2v) is 5.87. The molecular formula is C14H28O. The van der Waals surface area contributed by atoms with Gasteiger partial charge in [0, 0.05) is 6.42 Å². The minimum Gasteiger partial charge on any atom is -0.303 e. The Balaban J connectivity index is 4.04. The molecular weight excluding hydrogens is 184 g/mol. The van der Waals surface area contributed by atoms with Crippen LogP contribution >= 0.6 is 0 Å². The maximum absolute atomic E-state index is 10.4. The summed E-state index contributed by atoms with van der Waals surface area (Å²) in [6, 6.07) is 0. The average molecular weight is 212 g/mol. The molecule has 90 valence electrons. The first-order valence-corrected chi connectivity index (χ1v) is 6.39. The molecule has 0 aliphatic heterocycles. The molecule has 0 radical (unpaired) electrons. The van der Waals surface area contributed by atoms with Gasteiger partial charge in [0.25, 0.3) is 0 Å². The van der Waals surface area contributed by atoms with Gasteiger partial charge in [-0.3, -0.25) is 0 Å². The van der Waals surface area contributed by atoms with Gasteiger partial charge >= 0.3 is 0 Å². The number of hydrogen-bond acceptors (Lipinski definition) is 1. The third kappa shape index (κ3) is 8.65. The normalized spacial score (nSPS) is 13.9. The molecule has 0 amide bonds. The molecule has 1 unspecified atom stereocenters. The summed E-state index contributed by atoms with van der Waals surface area (Å²) in [7, 11) is 0. The number of carbonyl (C=O) groups is 1. The Kier molecular flexibility index (Phi) is 7.72. The van der Waals surface area contributed by atoms with E-state index in [1.807, 2.05) is 0 Å². The zero-order chi connectivity index (χ0) is 11.8. The van der Waals surface area contributed by atoms with E-state index >= 15 is 0 Å². The van der Waals surface area contributed by atoms with E-state index in [0.29, 0.717) is 5.92 Å². The van der Waals surface area contributed by atoms with Crippen molar-refractivity contribution in [2.75, 3.05) is 0 Å². The quantitative estimate of drug-likeness (QED) is 0.548. The van der Waals surface area contributed by atoms with Crippen LogP contribution in [0.1, 0.15) is 60.3 Å². The first-order valence-electron chi connectivity index (χ1n) is 6.39. The summed E-state index contributed by atoms with van der Waals surface area (Å²) in [5.74, 6) is 2.92. The fourth-order valence-corrected chi connectivity index (χ4v) is 2.45. The first-order chi connectivity index (χ1) is 6.95. The van der Waals surface area contributed by atoms with Gasteiger partial charge in [-0.2, -0.15) is 0 Å². The molecule has 0 fully saturated rings. The van der Waals surface area contributed by atoms with E-state index in [4.69, 9.17) is 0 Å². The highest BCUT2D eigenvalue weighted by Gasteiger charge is 2.15. The van der Waals surface area contributed by atoms with Gasteiger partial charge in [0.2, 0.25) is 0 Å². The topological polar surface area (TPSA) is 17.1 Å². The zero-order valence-corrected chi connectivity index (χ0v) is 11.1. The van der Waals surface area contributed by atoms with E-state index in [0.717, 1.165) is 30.5 Å². The molecule has 0 heterocycles. The Bertz CT molecular complexity index is 151. The summed E-state index contributed by atoms with van der Waals surface area (Å²) in [6.07, 6.45) is 5.62. The van der Waals surface area contributed by atoms with Crippen LogP contribution in [-0.2, 0) is 4.79 Å². The van der Waals surface area contributed by atoms with Gasteiger partial charge in [-0.1, -0.05) is 34.6 Å². The highest BCUT2D eigenvalue weighted by atomic mass is 16.1. The van der Waals surface area contributed by atoms with Gasteiger partial charge in [-0.15, -0.1) is 0 Å². The number of aldehydes is 1. The van der Waals surface area contributed by atoms with Gasteiger partial charge in [0.05, 0.1) is 0 Å². The summed E-state index contributed by atoms with van der Waals surface area (Å²) in [4.78, 5) is 10.4. The van der Waals surface area contributed by atoms with Crippen LogP contribution in [0.4, 0.5) is 0 Å². The first kappa shape index (κ1) is 14.7. The van der Waals surface area contributed by atoms with Gasteiger partial charge in [-0.05, 0) is 42.9 Å². The van der Waals surface area contributed by atoms with Crippen LogP contribution in [0.25, 0.3) is 0 Å². The van der Waals surface area contributed by atoms with Crippen LogP contribution in [-0.4, -0.2) is 6.29 Å². The van der Waals surface area contributed by atoms with Crippen LogP contribution in [0, 0.1) is 23.7 Å². The highest BCUT2D eigenvalue weighted by Crippen LogP contribution is 2.27. The molecule has 0 bridgehead atoms. The van der Waals surface area contributed by atoms with Crippen molar-refractivity contribution < 1.29 is 4.79 Å². The van der Waals surface area contributed by atoms with Gasteiger partial charge in [0.1, 0.15) is 6.29 Å². The van der Waals surface area contributed by atoms with Crippen molar-refractivity contribution >= 4 is 6.29 Å². The third-order valence-electron chi connectivity index (χ3n) is 2.84. The van der Waals surface area contributed by atoms with Crippen molar-refractivity contribution in [3.05, 3.63) is 0 Å². The largest absolute Gasteiger partial charge is 0.303 e. The van der Waals surface area contributed by atoms with Gasteiger partial charge in [0.15, 0.2) is 0 Å². The van der Waals surface area contributed by atoms with Crippen molar-refractivity contribution in [1.29, 1.82) is 0 Å². The zero-order valence-electron chi connectivity index (χ0n) is 11.1. The summed E-state index contributed by atoms with van der Waals surface area (Å²) >= 11 is 0. The minimum absolute atomic E-state index is 0.560. The van der Waals surface area contributed by atoms with Crippen molar-refractivity contribution in [2.45, 2.75) is 60.3 Å². The lowest BCUT2D eigenvalue weighted by Crippen LogP contribution is -2.12. The summed E-state index contributed by atoms with van der Waals surface area (Å²) in [5.41, 5.74) is 0. The summed E-state index contributed by atoms with van der Waals surface area (Å²) in [5, 5.41) is 0. The standard InChI is InChI=1S/C14H28O/c1-11(2)8-14(9-12(3)4)10-13(5)6-7-15/h7,11-14H,6,8-10H2,1-5H3. The molecule has 1 atom stereocenters. The maximum Gasteiger partial charge on any atom is 0.120 e. The molecule has 0 aromatic carbocycles. The Labute approximate surface area is 95.6 Å². The Morgan fingerprint density at radius 2 is 1.33 bits per heavy atom. The molecule has 0 aliphatic carbocycles. The molecule has 0 rings (SSSR count). The third-order valence-corrected chi connectivity index (χ3v) is 2.84. The van der Waals surface area contributed by atoms with E-state index in [-0.39, 0.29) is 0 Å². The molecule has 0 aromatic heterocycles. The van der Waals surface area contributed by atoms with Crippen molar-refractivity contribution in [3.8, 4) is 0 Å². The molecule has 0 N–H and O–H groups in total. The van der Waals surface area contributed by atoms with Crippen molar-refractivity contribution in [2.24, 2.45) is 23.7 Å². The minimum atomic E-state index is 0.560. The second kappa shape index (κ2) is 7.90. The molecule has 0 aliphatic rings. The predicted octanol–water partition coefficient (Wildman–Crippen LogP) is 4.31. The predicted molar refractivity (Wildman–Crippen MR) is 66.9 cm³/mol. The molecule has 0 aromatic rings. The summed E-state index contributed by atoms with van der Waals surface area (Å²) in [6.45, 7) is 11.4. The van der Waals surface area contributed by atoms with Gasteiger partial charge < -0.3 is 4.79 Å². The van der Waals surface area contributed by atoms with Crippen LogP contribution in [0.2, 0.25) is 0 Å². The summed E-state index contributed by atoms with van der Waals surface area (Å²) < 4.78 is 0. The SMILES string of the molecule is CC(C)CC(CC(C)C)CC(C)CC=O. The van der Waals surface area contributed by atoms with Crippen LogP contribution in [0.5, 0.6) is 0 Å². The van der Waals surface area contributed by atoms with Crippen LogP contribution in [0.15, 0.2) is 0 Å². The van der Waals surface area contributed by atoms with E-state index in [1.54, 1.807) is 0 Å². The highest BCUT2D eigenvalue weighted by molar-refractivity contribution is 5.49. The Morgan fingerprint density at radius 1 is 0.867 bits per heavy atom. The lowest BCUT2D eigenvalue weighted by Gasteiger charge is -2.23. The van der Waals surface area contributed by atoms with E-state index in [2.05, 4.69) is 34.6 Å². The number of hydrogen-bond donors (Lipinski definition) is 0.